The number of anilines is 6. The van der Waals surface area contributed by atoms with Gasteiger partial charge in [-0.05, 0) is 271 Å². The summed E-state index contributed by atoms with van der Waals surface area (Å²) in [6.07, 6.45) is 0. The molecule has 2 aromatic heterocycles. The van der Waals surface area contributed by atoms with Crippen molar-refractivity contribution in [3.8, 4) is 112 Å². The molecule has 1 aliphatic carbocycles. The first-order chi connectivity index (χ1) is 68.7. The Hall–Kier alpha value is -18.0. The van der Waals surface area contributed by atoms with Crippen LogP contribution in [-0.2, 0) is 5.41 Å². The van der Waals surface area contributed by atoms with Gasteiger partial charge in [0.15, 0.2) is 0 Å². The molecule has 0 N–H and O–H groups in total. The van der Waals surface area contributed by atoms with Crippen LogP contribution < -0.4 is 9.80 Å². The third kappa shape index (κ3) is 15.8. The van der Waals surface area contributed by atoms with Crippen molar-refractivity contribution in [2.75, 3.05) is 9.80 Å². The molecule has 26 rings (SSSR count). The molecule has 4 nitrogen and oxygen atoms in total. The van der Waals surface area contributed by atoms with Crippen molar-refractivity contribution < 1.29 is 0 Å². The molecule has 23 aromatic carbocycles. The highest BCUT2D eigenvalue weighted by Crippen LogP contribution is 2.52. The third-order valence-corrected chi connectivity index (χ3v) is 28.1. The van der Waals surface area contributed by atoms with Crippen LogP contribution in [0.3, 0.4) is 0 Å². The second kappa shape index (κ2) is 36.4. The summed E-state index contributed by atoms with van der Waals surface area (Å²) in [6, 6.07) is 197. The summed E-state index contributed by atoms with van der Waals surface area (Å²) in [7, 11) is 0. The molecular weight excluding hydrogens is 1680 g/mol. The Morgan fingerprint density at radius 3 is 0.878 bits per heavy atom. The zero-order valence-electron chi connectivity index (χ0n) is 77.3. The minimum absolute atomic E-state index is 0.0864. The first kappa shape index (κ1) is 84.1. The van der Waals surface area contributed by atoms with E-state index in [1.54, 1.807) is 0 Å². The highest BCUT2D eigenvalue weighted by atomic mass is 15.1. The average Bonchev–Trinajstić information content (AvgIpc) is 1.25. The lowest BCUT2D eigenvalue weighted by molar-refractivity contribution is 0.660. The second-order valence-corrected chi connectivity index (χ2v) is 36.6. The van der Waals surface area contributed by atoms with Crippen LogP contribution in [0.1, 0.15) is 25.0 Å². The zero-order chi connectivity index (χ0) is 92.7. The molecule has 0 atom stereocenters. The van der Waals surface area contributed by atoms with Crippen molar-refractivity contribution in [2.24, 2.45) is 0 Å². The van der Waals surface area contributed by atoms with Crippen LogP contribution >= 0.6 is 0 Å². The summed E-state index contributed by atoms with van der Waals surface area (Å²) in [4.78, 5) is 4.73. The predicted molar refractivity (Wildman–Crippen MR) is 591 cm³/mol. The quantitative estimate of drug-likeness (QED) is 0.0897. The fraction of sp³-hybridized carbons (Fsp3) is 0.0222. The van der Waals surface area contributed by atoms with E-state index in [2.05, 4.69) is 579 Å². The number of hydrogen-bond acceptors (Lipinski definition) is 2. The number of rotatable bonds is 16. The van der Waals surface area contributed by atoms with Crippen molar-refractivity contribution >= 4 is 110 Å². The molecule has 656 valence electrons. The number of benzene rings is 23. The Morgan fingerprint density at radius 2 is 0.432 bits per heavy atom. The second-order valence-electron chi connectivity index (χ2n) is 36.6. The maximum Gasteiger partial charge on any atom is 0.0541 e. The van der Waals surface area contributed by atoms with E-state index in [4.69, 9.17) is 0 Å². The lowest BCUT2D eigenvalue weighted by Gasteiger charge is -2.28. The molecule has 4 heteroatoms. The van der Waals surface area contributed by atoms with E-state index in [0.29, 0.717) is 0 Å². The maximum absolute atomic E-state index is 2.41. The molecule has 0 amide bonds. The summed E-state index contributed by atoms with van der Waals surface area (Å²) in [5.74, 6) is 0. The Morgan fingerprint density at radius 1 is 0.158 bits per heavy atom. The molecule has 0 fully saturated rings. The molecule has 0 spiro atoms. The van der Waals surface area contributed by atoms with E-state index < -0.39 is 0 Å². The van der Waals surface area contributed by atoms with Gasteiger partial charge in [0.1, 0.15) is 0 Å². The summed E-state index contributed by atoms with van der Waals surface area (Å²) in [5, 5.41) is 12.8. The molecule has 0 saturated carbocycles. The van der Waals surface area contributed by atoms with Gasteiger partial charge < -0.3 is 18.9 Å². The predicted octanol–water partition coefficient (Wildman–Crippen LogP) is 37.3. The standard InChI is InChI=1S/C51H38N2.C48H34N2.C36H24/c1-51(2)47-19-11-9-17-43(47)44-31-30-42(34-48(44)51)52(40-26-21-36(22-27-40)35-13-5-3-6-14-35)41-28-23-37(24-29-41)38-25-32-50-46(33-38)45-18-10-12-20-49(45)53(50)39-15-7-4-8-16-39;1-3-11-35(12-4-1)37-19-27-41(28-20-37)49(42-29-21-38(22-30-42)36-13-5-2-6-14-36)43-31-23-39(24-32-43)40-25-33-44(34-26-40)50-47-17-9-7-15-45(47)46-16-8-10-18-48(46)50;1-2-12-27(13-3-1)35-31-16-6-8-18-33(31)36(34-19-9-7-17-32(34)35)28-23-21-26(22-24-28)30-20-10-14-25-11-4-5-15-29(25)30/h3-34H,1-2H3;1-34H;1-24H. The largest absolute Gasteiger partial charge is 0.311 e. The minimum atomic E-state index is -0.0864. The molecule has 2 heterocycles. The first-order valence-electron chi connectivity index (χ1n) is 48.0. The molecule has 0 unspecified atom stereocenters. The van der Waals surface area contributed by atoms with E-state index in [1.807, 2.05) is 0 Å². The van der Waals surface area contributed by atoms with Crippen molar-refractivity contribution in [1.82, 2.24) is 9.13 Å². The molecule has 25 aromatic rings. The van der Waals surface area contributed by atoms with Crippen LogP contribution in [-0.4, -0.2) is 9.13 Å². The van der Waals surface area contributed by atoms with Gasteiger partial charge in [-0.3, -0.25) is 0 Å². The van der Waals surface area contributed by atoms with Crippen molar-refractivity contribution in [2.45, 2.75) is 19.3 Å². The number of para-hydroxylation sites is 4. The topological polar surface area (TPSA) is 16.3 Å². The molecule has 0 radical (unpaired) electrons. The fourth-order valence-electron chi connectivity index (χ4n) is 21.3. The van der Waals surface area contributed by atoms with Crippen LogP contribution in [0.25, 0.3) is 187 Å². The first-order valence-corrected chi connectivity index (χ1v) is 48.0. The van der Waals surface area contributed by atoms with Gasteiger partial charge in [0, 0.05) is 72.5 Å². The Balaban J connectivity index is 0.000000115. The van der Waals surface area contributed by atoms with Crippen LogP contribution in [0.5, 0.6) is 0 Å². The van der Waals surface area contributed by atoms with Crippen LogP contribution in [0.15, 0.2) is 546 Å². The van der Waals surface area contributed by atoms with E-state index in [0.717, 1.165) is 39.8 Å². The van der Waals surface area contributed by atoms with Crippen molar-refractivity contribution in [3.05, 3.63) is 557 Å². The number of hydrogen-bond donors (Lipinski definition) is 0. The smallest absolute Gasteiger partial charge is 0.0541 e. The van der Waals surface area contributed by atoms with Crippen molar-refractivity contribution in [3.63, 3.8) is 0 Å². The van der Waals surface area contributed by atoms with Gasteiger partial charge >= 0.3 is 0 Å². The molecule has 0 saturated heterocycles. The molecule has 0 bridgehead atoms. The number of fused-ring (bicyclic) bond motifs is 12. The van der Waals surface area contributed by atoms with E-state index >= 15 is 0 Å². The summed E-state index contributed by atoms with van der Waals surface area (Å²) < 4.78 is 4.73. The third-order valence-electron chi connectivity index (χ3n) is 28.1. The highest BCUT2D eigenvalue weighted by Gasteiger charge is 2.36. The summed E-state index contributed by atoms with van der Waals surface area (Å²) in [6.45, 7) is 4.70. The lowest BCUT2D eigenvalue weighted by atomic mass is 9.82. The van der Waals surface area contributed by atoms with Gasteiger partial charge in [0.05, 0.1) is 22.1 Å². The molecule has 139 heavy (non-hydrogen) atoms. The number of aromatic nitrogens is 2. The van der Waals surface area contributed by atoms with Gasteiger partial charge in [-0.25, -0.2) is 0 Å². The Bertz CT molecular complexity index is 8600. The van der Waals surface area contributed by atoms with Gasteiger partial charge in [-0.1, -0.05) is 432 Å². The highest BCUT2D eigenvalue weighted by molar-refractivity contribution is 6.22. The van der Waals surface area contributed by atoms with Crippen LogP contribution in [0.2, 0.25) is 0 Å². The summed E-state index contributed by atoms with van der Waals surface area (Å²) in [5.41, 5.74) is 38.9. The Kier molecular flexibility index (Phi) is 22.0. The van der Waals surface area contributed by atoms with Crippen molar-refractivity contribution in [1.29, 1.82) is 0 Å². The Labute approximate surface area is 811 Å². The van der Waals surface area contributed by atoms with Crippen LogP contribution in [0, 0.1) is 0 Å². The van der Waals surface area contributed by atoms with Gasteiger partial charge in [0.25, 0.3) is 0 Å². The number of nitrogens with zero attached hydrogens (tertiary/aromatic N) is 4. The van der Waals surface area contributed by atoms with E-state index in [-0.39, 0.29) is 5.41 Å². The summed E-state index contributed by atoms with van der Waals surface area (Å²) >= 11 is 0. The van der Waals surface area contributed by atoms with E-state index in [9.17, 15) is 0 Å². The lowest BCUT2D eigenvalue weighted by Crippen LogP contribution is -2.16. The normalized spacial score (nSPS) is 11.9. The monoisotopic (exact) mass is 1770 g/mol. The fourth-order valence-corrected chi connectivity index (χ4v) is 21.3. The molecule has 1 aliphatic rings. The minimum Gasteiger partial charge on any atom is -0.311 e. The maximum atomic E-state index is 2.41. The molecular formula is C135H96N4. The van der Waals surface area contributed by atoms with Gasteiger partial charge in [-0.15, -0.1) is 0 Å². The average molecular weight is 1770 g/mol. The van der Waals surface area contributed by atoms with Gasteiger partial charge in [-0.2, -0.15) is 0 Å². The molecule has 0 aliphatic heterocycles. The SMILES string of the molecule is CC1(C)c2ccccc2-c2ccc(N(c3ccc(-c4ccccc4)cc3)c3ccc(-c4ccc5c(c4)c4ccccc4n5-c4ccccc4)cc3)cc21.c1ccc(-c2c3ccccc3c(-c3ccc(-c4cccc5ccccc45)cc3)c3ccccc23)cc1.c1ccc(-c2ccc(N(c3ccc(-c4ccccc4)cc3)c3ccc(-c4ccc(-n5c6ccccc6c6ccccc65)cc4)cc3)cc2)cc1. The van der Waals surface area contributed by atoms with Crippen LogP contribution in [0.4, 0.5) is 34.1 Å². The van der Waals surface area contributed by atoms with E-state index in [1.165, 1.54) is 193 Å². The zero-order valence-corrected chi connectivity index (χ0v) is 77.3. The van der Waals surface area contributed by atoms with Gasteiger partial charge in [0.2, 0.25) is 0 Å².